The number of carbonyl (C=O) groups excluding carboxylic acids is 2. The highest BCUT2D eigenvalue weighted by atomic mass is 32.2. The Morgan fingerprint density at radius 3 is 2.42 bits per heavy atom. The van der Waals surface area contributed by atoms with Gasteiger partial charge >= 0.3 is 5.97 Å². The van der Waals surface area contributed by atoms with Crippen LogP contribution in [0, 0.1) is 0 Å². The van der Waals surface area contributed by atoms with Gasteiger partial charge in [-0.25, -0.2) is 8.42 Å². The van der Waals surface area contributed by atoms with Gasteiger partial charge in [0.15, 0.2) is 6.61 Å². The minimum absolute atomic E-state index is 0.166. The van der Waals surface area contributed by atoms with Gasteiger partial charge in [-0.1, -0.05) is 30.3 Å². The summed E-state index contributed by atoms with van der Waals surface area (Å²) in [5.74, 6) is -0.287. The first kappa shape index (κ1) is 25.2. The Balaban J connectivity index is 1.32. The first-order valence-electron chi connectivity index (χ1n) is 11.7. The molecule has 0 saturated carbocycles. The molecule has 0 spiro atoms. The fourth-order valence-corrected chi connectivity index (χ4v) is 5.56. The summed E-state index contributed by atoms with van der Waals surface area (Å²) >= 11 is 0. The van der Waals surface area contributed by atoms with Gasteiger partial charge < -0.3 is 14.8 Å². The van der Waals surface area contributed by atoms with Crippen LogP contribution in [0.25, 0.3) is 0 Å². The van der Waals surface area contributed by atoms with Crippen LogP contribution in [0.15, 0.2) is 77.7 Å². The molecule has 188 valence electrons. The number of para-hydroxylation sites is 1. The maximum absolute atomic E-state index is 13.2. The van der Waals surface area contributed by atoms with Crippen molar-refractivity contribution in [1.82, 2.24) is 0 Å². The van der Waals surface area contributed by atoms with Crippen molar-refractivity contribution in [2.24, 2.45) is 0 Å². The van der Waals surface area contributed by atoms with Crippen molar-refractivity contribution in [2.75, 3.05) is 29.4 Å². The first-order valence-corrected chi connectivity index (χ1v) is 13.2. The minimum atomic E-state index is -3.71. The van der Waals surface area contributed by atoms with Crippen molar-refractivity contribution in [3.05, 3.63) is 83.9 Å². The molecule has 36 heavy (non-hydrogen) atoms. The number of benzene rings is 3. The van der Waals surface area contributed by atoms with Gasteiger partial charge in [-0.2, -0.15) is 0 Å². The van der Waals surface area contributed by atoms with Crippen LogP contribution in [0.5, 0.6) is 5.75 Å². The Kier molecular flexibility index (Phi) is 7.90. The van der Waals surface area contributed by atoms with Crippen LogP contribution in [-0.4, -0.2) is 40.1 Å². The number of ether oxygens (including phenoxy) is 2. The highest BCUT2D eigenvalue weighted by molar-refractivity contribution is 7.92. The van der Waals surface area contributed by atoms with E-state index in [9.17, 15) is 18.0 Å². The standard InChI is InChI=1S/C27H28N2O6S/c1-2-34-27(31)18-20-9-11-22(12-10-20)28-26(30)19-35-23-13-15-24(16-14-23)36(32,33)29-17-5-7-21-6-3-4-8-25(21)29/h3-4,6,8-16H,2,5,7,17-19H2,1H3,(H,28,30). The second kappa shape index (κ2) is 11.3. The molecule has 4 rings (SSSR count). The van der Waals surface area contributed by atoms with Crippen molar-refractivity contribution in [2.45, 2.75) is 31.1 Å². The monoisotopic (exact) mass is 508 g/mol. The molecular formula is C27H28N2O6S. The molecule has 0 bridgehead atoms. The number of fused-ring (bicyclic) bond motifs is 1. The highest BCUT2D eigenvalue weighted by Crippen LogP contribution is 2.32. The van der Waals surface area contributed by atoms with Crippen molar-refractivity contribution < 1.29 is 27.5 Å². The second-order valence-electron chi connectivity index (χ2n) is 8.30. The molecule has 8 nitrogen and oxygen atoms in total. The quantitative estimate of drug-likeness (QED) is 0.439. The molecule has 1 heterocycles. The molecule has 1 N–H and O–H groups in total. The molecular weight excluding hydrogens is 480 g/mol. The van der Waals surface area contributed by atoms with E-state index in [1.165, 1.54) is 16.4 Å². The van der Waals surface area contributed by atoms with E-state index >= 15 is 0 Å². The van der Waals surface area contributed by atoms with Crippen LogP contribution < -0.4 is 14.4 Å². The number of amides is 1. The van der Waals surface area contributed by atoms with Crippen LogP contribution in [0.2, 0.25) is 0 Å². The zero-order valence-corrected chi connectivity index (χ0v) is 20.8. The van der Waals surface area contributed by atoms with Crippen molar-refractivity contribution in [1.29, 1.82) is 0 Å². The Morgan fingerprint density at radius 2 is 1.69 bits per heavy atom. The van der Waals surface area contributed by atoms with E-state index < -0.39 is 10.0 Å². The van der Waals surface area contributed by atoms with Gasteiger partial charge in [0.25, 0.3) is 15.9 Å². The van der Waals surface area contributed by atoms with Gasteiger partial charge in [-0.15, -0.1) is 0 Å². The molecule has 1 amide bonds. The number of anilines is 2. The van der Waals surface area contributed by atoms with Crippen LogP contribution >= 0.6 is 0 Å². The number of nitrogens with zero attached hydrogens (tertiary/aromatic N) is 1. The Labute approximate surface area is 210 Å². The van der Waals surface area contributed by atoms with Crippen LogP contribution in [0.4, 0.5) is 11.4 Å². The molecule has 0 aliphatic carbocycles. The van der Waals surface area contributed by atoms with Gasteiger partial charge in [0, 0.05) is 12.2 Å². The molecule has 0 fully saturated rings. The normalized spacial score (nSPS) is 13.0. The number of hydrogen-bond acceptors (Lipinski definition) is 6. The lowest BCUT2D eigenvalue weighted by molar-refractivity contribution is -0.142. The van der Waals surface area contributed by atoms with Gasteiger partial charge in [0.2, 0.25) is 0 Å². The number of sulfonamides is 1. The summed E-state index contributed by atoms with van der Waals surface area (Å²) in [5.41, 5.74) is 3.09. The van der Waals surface area contributed by atoms with Gasteiger partial charge in [-0.3, -0.25) is 13.9 Å². The Hall–Kier alpha value is -3.85. The summed E-state index contributed by atoms with van der Waals surface area (Å²) in [6.45, 7) is 2.28. The van der Waals surface area contributed by atoms with Crippen LogP contribution in [-0.2, 0) is 37.2 Å². The van der Waals surface area contributed by atoms with Gasteiger partial charge in [0.05, 0.1) is 23.6 Å². The molecule has 0 atom stereocenters. The average molecular weight is 509 g/mol. The number of esters is 1. The minimum Gasteiger partial charge on any atom is -0.484 e. The molecule has 3 aromatic carbocycles. The van der Waals surface area contributed by atoms with E-state index in [1.54, 1.807) is 43.3 Å². The summed E-state index contributed by atoms with van der Waals surface area (Å²) in [6.07, 6.45) is 1.79. The summed E-state index contributed by atoms with van der Waals surface area (Å²) in [6, 6.07) is 20.5. The SMILES string of the molecule is CCOC(=O)Cc1ccc(NC(=O)COc2ccc(S(=O)(=O)N3CCCc4ccccc43)cc2)cc1. The van der Waals surface area contributed by atoms with E-state index in [4.69, 9.17) is 9.47 Å². The van der Waals surface area contributed by atoms with E-state index in [0.717, 1.165) is 29.7 Å². The van der Waals surface area contributed by atoms with Gasteiger partial charge in [0.1, 0.15) is 5.75 Å². The number of carbonyl (C=O) groups is 2. The maximum Gasteiger partial charge on any atom is 0.310 e. The Bertz CT molecular complexity index is 1320. The zero-order chi connectivity index (χ0) is 25.5. The van der Waals surface area contributed by atoms with Crippen molar-refractivity contribution in [3.63, 3.8) is 0 Å². The van der Waals surface area contributed by atoms with Gasteiger partial charge in [-0.05, 0) is 73.4 Å². The topological polar surface area (TPSA) is 102 Å². The lowest BCUT2D eigenvalue weighted by atomic mass is 10.0. The fourth-order valence-electron chi connectivity index (χ4n) is 4.01. The number of aryl methyl sites for hydroxylation is 1. The van der Waals surface area contributed by atoms with E-state index in [0.29, 0.717) is 24.6 Å². The summed E-state index contributed by atoms with van der Waals surface area (Å²) in [4.78, 5) is 24.0. The average Bonchev–Trinajstić information content (AvgIpc) is 2.88. The van der Waals surface area contributed by atoms with Crippen LogP contribution in [0.1, 0.15) is 24.5 Å². The van der Waals surface area contributed by atoms with E-state index in [1.807, 2.05) is 24.3 Å². The second-order valence-corrected chi connectivity index (χ2v) is 10.2. The molecule has 0 aromatic heterocycles. The molecule has 0 unspecified atom stereocenters. The fraction of sp³-hybridized carbons (Fsp3) is 0.259. The highest BCUT2D eigenvalue weighted by Gasteiger charge is 2.28. The van der Waals surface area contributed by atoms with Crippen LogP contribution in [0.3, 0.4) is 0 Å². The molecule has 9 heteroatoms. The largest absolute Gasteiger partial charge is 0.484 e. The number of nitrogens with one attached hydrogen (secondary N) is 1. The molecule has 0 saturated heterocycles. The molecule has 3 aromatic rings. The Morgan fingerprint density at radius 1 is 0.972 bits per heavy atom. The third-order valence-corrected chi connectivity index (χ3v) is 7.57. The lowest BCUT2D eigenvalue weighted by Crippen LogP contribution is -2.35. The van der Waals surface area contributed by atoms with Crippen molar-refractivity contribution in [3.8, 4) is 5.75 Å². The maximum atomic E-state index is 13.2. The third-order valence-electron chi connectivity index (χ3n) is 5.74. The van der Waals surface area contributed by atoms with E-state index in [2.05, 4.69) is 5.32 Å². The summed E-state index contributed by atoms with van der Waals surface area (Å²) in [7, 11) is -3.71. The van der Waals surface area contributed by atoms with Crippen molar-refractivity contribution >= 4 is 33.3 Å². The lowest BCUT2D eigenvalue weighted by Gasteiger charge is -2.30. The smallest absolute Gasteiger partial charge is 0.310 e. The molecule has 1 aliphatic rings. The summed E-state index contributed by atoms with van der Waals surface area (Å²) in [5, 5.41) is 2.72. The molecule has 1 aliphatic heterocycles. The number of hydrogen-bond donors (Lipinski definition) is 1. The predicted molar refractivity (Wildman–Crippen MR) is 137 cm³/mol. The predicted octanol–water partition coefficient (Wildman–Crippen LogP) is 3.95. The first-order chi connectivity index (χ1) is 17.4. The molecule has 0 radical (unpaired) electrons. The number of rotatable bonds is 9. The van der Waals surface area contributed by atoms with E-state index in [-0.39, 0.29) is 29.8 Å². The third kappa shape index (κ3) is 6.04. The summed E-state index contributed by atoms with van der Waals surface area (Å²) < 4.78 is 38.4. The zero-order valence-electron chi connectivity index (χ0n) is 20.0.